The van der Waals surface area contributed by atoms with Crippen LogP contribution in [0.4, 0.5) is 5.69 Å². The van der Waals surface area contributed by atoms with Gasteiger partial charge in [-0.2, -0.15) is 0 Å². The van der Waals surface area contributed by atoms with Gasteiger partial charge in [-0.1, -0.05) is 6.07 Å². The highest BCUT2D eigenvalue weighted by Gasteiger charge is 2.02. The van der Waals surface area contributed by atoms with E-state index in [-0.39, 0.29) is 24.0 Å². The van der Waals surface area contributed by atoms with Crippen molar-refractivity contribution in [2.75, 3.05) is 5.32 Å². The summed E-state index contributed by atoms with van der Waals surface area (Å²) in [6.45, 7) is 0. The van der Waals surface area contributed by atoms with Crippen LogP contribution in [-0.4, -0.2) is 27.5 Å². The largest absolute Gasteiger partial charge is 0.382 e. The van der Waals surface area contributed by atoms with Crippen LogP contribution in [0.25, 0.3) is 0 Å². The number of nitrogen functional groups attached to an aromatic ring is 2. The third-order valence-electron chi connectivity index (χ3n) is 2.76. The van der Waals surface area contributed by atoms with Crippen molar-refractivity contribution in [3.63, 3.8) is 0 Å². The number of anilines is 1. The maximum absolute atomic E-state index is 11.3. The number of nitrogens with two attached hydrogens (primary N) is 2. The third kappa shape index (κ3) is 7.38. The Morgan fingerprint density at radius 3 is 2.24 bits per heavy atom. The highest BCUT2D eigenvalue weighted by molar-refractivity contribution is 5.94. The molecule has 2 aromatic rings. The molecule has 0 aliphatic rings. The molecule has 2 rings (SSSR count). The monoisotopic (exact) mass is 337 g/mol. The summed E-state index contributed by atoms with van der Waals surface area (Å²) >= 11 is 0. The molecule has 0 saturated carbocycles. The molecule has 8 nitrogen and oxygen atoms in total. The number of nitrogens with zero attached hydrogens (tertiary/aromatic N) is 2. The first kappa shape index (κ1) is 19.3. The average Bonchev–Trinajstić information content (AvgIpc) is 2.61. The number of carbonyl (C=O) groups excluding carboxylic acids is 1. The Morgan fingerprint density at radius 1 is 1.12 bits per heavy atom. The van der Waals surface area contributed by atoms with Crippen molar-refractivity contribution in [2.45, 2.75) is 12.8 Å². The number of terminal acetylenes is 1. The molecule has 0 aromatic carbocycles. The molecule has 2 heterocycles. The number of hydrogen-bond donors (Lipinski definition) is 5. The van der Waals surface area contributed by atoms with Gasteiger partial charge in [-0.25, -0.2) is 0 Å². The molecule has 1 amide bonds. The normalized spacial score (nSPS) is 9.08. The van der Waals surface area contributed by atoms with Crippen molar-refractivity contribution >= 4 is 23.3 Å². The first-order valence-electron chi connectivity index (χ1n) is 7.23. The van der Waals surface area contributed by atoms with Crippen molar-refractivity contribution in [1.29, 1.82) is 10.8 Å². The summed E-state index contributed by atoms with van der Waals surface area (Å²) in [7, 11) is 0. The lowest BCUT2D eigenvalue weighted by molar-refractivity contribution is -0.116. The van der Waals surface area contributed by atoms with E-state index in [0.717, 1.165) is 0 Å². The molecule has 0 radical (unpaired) electrons. The molecule has 0 bridgehead atoms. The minimum Gasteiger partial charge on any atom is -0.382 e. The summed E-state index contributed by atoms with van der Waals surface area (Å²) in [6.07, 6.45) is 8.79. The van der Waals surface area contributed by atoms with Crippen molar-refractivity contribution < 1.29 is 4.79 Å². The number of amidine groups is 2. The van der Waals surface area contributed by atoms with Crippen LogP contribution in [0.5, 0.6) is 0 Å². The molecule has 0 aliphatic carbocycles. The molecule has 2 aromatic heterocycles. The molecule has 25 heavy (non-hydrogen) atoms. The Kier molecular flexibility index (Phi) is 7.82. The van der Waals surface area contributed by atoms with Crippen LogP contribution in [0.3, 0.4) is 0 Å². The topological polar surface area (TPSA) is 155 Å². The van der Waals surface area contributed by atoms with Gasteiger partial charge in [0, 0.05) is 19.0 Å². The fourth-order valence-corrected chi connectivity index (χ4v) is 1.56. The van der Waals surface area contributed by atoms with E-state index in [4.69, 9.17) is 28.7 Å². The number of aromatic nitrogens is 2. The van der Waals surface area contributed by atoms with E-state index < -0.39 is 0 Å². The summed E-state index contributed by atoms with van der Waals surface area (Å²) in [5.74, 6) is 2.13. The fourth-order valence-electron chi connectivity index (χ4n) is 1.56. The standard InChI is InChI=1S/C11H12N4O.C6H7N3/c1-2-3-4-10(16)15-8-5-6-9(11(12)13)14-7-8;7-6(8)5-3-1-2-4-9-5/h1,5-7H,3-4H2,(H3,12,13)(H,15,16);1-4H,(H3,7,8). The van der Waals surface area contributed by atoms with Crippen LogP contribution in [0.15, 0.2) is 42.7 Å². The first-order chi connectivity index (χ1) is 11.9. The maximum Gasteiger partial charge on any atom is 0.225 e. The molecule has 0 saturated heterocycles. The van der Waals surface area contributed by atoms with Gasteiger partial charge >= 0.3 is 0 Å². The quantitative estimate of drug-likeness (QED) is 0.314. The molecule has 0 fully saturated rings. The summed E-state index contributed by atoms with van der Waals surface area (Å²) in [6, 6.07) is 8.48. The summed E-state index contributed by atoms with van der Waals surface area (Å²) in [4.78, 5) is 19.0. The van der Waals surface area contributed by atoms with Gasteiger partial charge in [0.25, 0.3) is 0 Å². The van der Waals surface area contributed by atoms with Crippen molar-refractivity contribution in [3.8, 4) is 12.3 Å². The van der Waals surface area contributed by atoms with Gasteiger partial charge in [0.2, 0.25) is 5.91 Å². The zero-order valence-electron chi connectivity index (χ0n) is 13.5. The van der Waals surface area contributed by atoms with Gasteiger partial charge in [-0.3, -0.25) is 25.6 Å². The number of carbonyl (C=O) groups is 1. The van der Waals surface area contributed by atoms with E-state index in [9.17, 15) is 4.79 Å². The summed E-state index contributed by atoms with van der Waals surface area (Å²) in [5.41, 5.74) is 11.8. The number of amides is 1. The highest BCUT2D eigenvalue weighted by Crippen LogP contribution is 2.06. The molecule has 8 heteroatoms. The van der Waals surface area contributed by atoms with Crippen LogP contribution in [0.2, 0.25) is 0 Å². The Labute approximate surface area is 145 Å². The second kappa shape index (κ2) is 10.1. The molecule has 0 atom stereocenters. The van der Waals surface area contributed by atoms with E-state index in [1.54, 1.807) is 36.5 Å². The molecule has 7 N–H and O–H groups in total. The number of pyridine rings is 2. The van der Waals surface area contributed by atoms with E-state index in [2.05, 4.69) is 21.2 Å². The lowest BCUT2D eigenvalue weighted by Gasteiger charge is -2.04. The number of nitrogens with one attached hydrogen (secondary N) is 3. The predicted octanol–water partition coefficient (Wildman–Crippen LogP) is 1.08. The van der Waals surface area contributed by atoms with E-state index in [0.29, 0.717) is 23.5 Å². The molecule has 0 aliphatic heterocycles. The van der Waals surface area contributed by atoms with Gasteiger partial charge in [-0.15, -0.1) is 12.3 Å². The van der Waals surface area contributed by atoms with E-state index >= 15 is 0 Å². The van der Waals surface area contributed by atoms with Crippen molar-refractivity contribution in [3.05, 3.63) is 54.1 Å². The Balaban J connectivity index is 0.000000293. The third-order valence-corrected chi connectivity index (χ3v) is 2.76. The van der Waals surface area contributed by atoms with Crippen LogP contribution in [0, 0.1) is 23.2 Å². The molecular formula is C17H19N7O. The first-order valence-corrected chi connectivity index (χ1v) is 7.23. The summed E-state index contributed by atoms with van der Waals surface area (Å²) in [5, 5.41) is 16.7. The lowest BCUT2D eigenvalue weighted by atomic mass is 10.3. The highest BCUT2D eigenvalue weighted by atomic mass is 16.1. The van der Waals surface area contributed by atoms with Crippen LogP contribution in [0.1, 0.15) is 24.2 Å². The SMILES string of the molecule is C#CCCC(=O)Nc1ccc(C(=N)N)nc1.N=C(N)c1ccccn1. The molecule has 0 spiro atoms. The Morgan fingerprint density at radius 2 is 1.80 bits per heavy atom. The lowest BCUT2D eigenvalue weighted by Crippen LogP contribution is -2.14. The number of hydrogen-bond acceptors (Lipinski definition) is 5. The van der Waals surface area contributed by atoms with Crippen molar-refractivity contribution in [2.24, 2.45) is 11.5 Å². The Bertz CT molecular complexity index is 764. The second-order valence-electron chi connectivity index (χ2n) is 4.73. The van der Waals surface area contributed by atoms with Crippen LogP contribution in [-0.2, 0) is 4.79 Å². The zero-order valence-corrected chi connectivity index (χ0v) is 13.5. The second-order valence-corrected chi connectivity index (χ2v) is 4.73. The van der Waals surface area contributed by atoms with Crippen LogP contribution < -0.4 is 16.8 Å². The van der Waals surface area contributed by atoms with Gasteiger partial charge in [-0.05, 0) is 24.3 Å². The minimum absolute atomic E-state index is 0.00981. The van der Waals surface area contributed by atoms with Gasteiger partial charge < -0.3 is 16.8 Å². The van der Waals surface area contributed by atoms with Crippen LogP contribution >= 0.6 is 0 Å². The zero-order chi connectivity index (χ0) is 18.7. The van der Waals surface area contributed by atoms with E-state index in [1.807, 2.05) is 0 Å². The number of rotatable bonds is 5. The fraction of sp³-hybridized carbons (Fsp3) is 0.118. The minimum atomic E-state index is -0.157. The maximum atomic E-state index is 11.3. The van der Waals surface area contributed by atoms with Gasteiger partial charge in [0.15, 0.2) is 0 Å². The van der Waals surface area contributed by atoms with E-state index in [1.165, 1.54) is 6.20 Å². The Hall–Kier alpha value is -3.73. The molecular weight excluding hydrogens is 318 g/mol. The van der Waals surface area contributed by atoms with Crippen molar-refractivity contribution in [1.82, 2.24) is 9.97 Å². The average molecular weight is 337 g/mol. The summed E-state index contributed by atoms with van der Waals surface area (Å²) < 4.78 is 0. The van der Waals surface area contributed by atoms with Gasteiger partial charge in [0.1, 0.15) is 23.1 Å². The smallest absolute Gasteiger partial charge is 0.225 e. The molecule has 0 unspecified atom stereocenters. The van der Waals surface area contributed by atoms with Gasteiger partial charge in [0.05, 0.1) is 11.9 Å². The molecule has 128 valence electrons. The predicted molar refractivity (Wildman–Crippen MR) is 97.2 cm³/mol.